The Morgan fingerprint density at radius 3 is 2.08 bits per heavy atom. The predicted octanol–water partition coefficient (Wildman–Crippen LogP) is 3.92. The van der Waals surface area contributed by atoms with Crippen molar-refractivity contribution < 1.29 is 14.3 Å². The van der Waals surface area contributed by atoms with Gasteiger partial charge in [0.2, 0.25) is 11.8 Å². The second-order valence-corrected chi connectivity index (χ2v) is 6.68. The Morgan fingerprint density at radius 2 is 1.50 bits per heavy atom. The highest BCUT2D eigenvalue weighted by atomic mass is 16.5. The van der Waals surface area contributed by atoms with Crippen molar-refractivity contribution in [2.75, 3.05) is 17.2 Å². The molecule has 1 aliphatic rings. The van der Waals surface area contributed by atoms with Crippen molar-refractivity contribution in [3.8, 4) is 5.75 Å². The smallest absolute Gasteiger partial charge is 0.228 e. The van der Waals surface area contributed by atoms with E-state index in [1.165, 1.54) is 5.56 Å². The summed E-state index contributed by atoms with van der Waals surface area (Å²) >= 11 is 0. The number of aryl methyl sites for hydroxylation is 2. The first-order valence-electron chi connectivity index (χ1n) is 8.89. The van der Waals surface area contributed by atoms with Gasteiger partial charge in [0, 0.05) is 11.4 Å². The number of carbonyl (C=O) groups excluding carboxylic acids is 2. The van der Waals surface area contributed by atoms with Crippen molar-refractivity contribution in [1.29, 1.82) is 0 Å². The zero-order chi connectivity index (χ0) is 18.7. The minimum absolute atomic E-state index is 0.0971. The highest BCUT2D eigenvalue weighted by Crippen LogP contribution is 2.40. The molecule has 2 amide bonds. The van der Waals surface area contributed by atoms with Crippen LogP contribution in [0, 0.1) is 25.7 Å². The lowest BCUT2D eigenvalue weighted by Gasteiger charge is -2.08. The molecule has 0 spiro atoms. The van der Waals surface area contributed by atoms with E-state index in [1.54, 1.807) is 12.1 Å². The van der Waals surface area contributed by atoms with Gasteiger partial charge in [-0.2, -0.15) is 0 Å². The van der Waals surface area contributed by atoms with Crippen LogP contribution in [0.2, 0.25) is 0 Å². The maximum Gasteiger partial charge on any atom is 0.228 e. The molecule has 2 unspecified atom stereocenters. The highest BCUT2D eigenvalue weighted by Gasteiger charge is 2.48. The Kier molecular flexibility index (Phi) is 5.26. The monoisotopic (exact) mass is 352 g/mol. The molecule has 1 saturated carbocycles. The number of amides is 2. The van der Waals surface area contributed by atoms with Crippen molar-refractivity contribution in [2.24, 2.45) is 11.8 Å². The van der Waals surface area contributed by atoms with E-state index in [1.807, 2.05) is 51.1 Å². The molecule has 0 aromatic heterocycles. The first kappa shape index (κ1) is 18.0. The summed E-state index contributed by atoms with van der Waals surface area (Å²) in [6.45, 7) is 6.56. The van der Waals surface area contributed by atoms with E-state index in [0.29, 0.717) is 18.7 Å². The van der Waals surface area contributed by atoms with Gasteiger partial charge in [-0.15, -0.1) is 0 Å². The molecule has 2 aromatic rings. The Balaban J connectivity index is 1.53. The third-order valence-corrected chi connectivity index (χ3v) is 4.67. The third kappa shape index (κ3) is 4.23. The summed E-state index contributed by atoms with van der Waals surface area (Å²) in [5, 5.41) is 5.77. The molecule has 2 aromatic carbocycles. The van der Waals surface area contributed by atoms with E-state index >= 15 is 0 Å². The summed E-state index contributed by atoms with van der Waals surface area (Å²) in [6.07, 6.45) is 0.583. The van der Waals surface area contributed by atoms with Gasteiger partial charge in [-0.05, 0) is 74.7 Å². The van der Waals surface area contributed by atoms with E-state index in [9.17, 15) is 9.59 Å². The van der Waals surface area contributed by atoms with Crippen LogP contribution in [-0.4, -0.2) is 18.4 Å². The van der Waals surface area contributed by atoms with Crippen molar-refractivity contribution in [1.82, 2.24) is 0 Å². The second-order valence-electron chi connectivity index (χ2n) is 6.68. The van der Waals surface area contributed by atoms with Gasteiger partial charge in [-0.1, -0.05) is 6.07 Å². The number of nitrogens with one attached hydrogen (secondary N) is 2. The normalized spacial score (nSPS) is 18.1. The van der Waals surface area contributed by atoms with Gasteiger partial charge in [0.25, 0.3) is 0 Å². The Hall–Kier alpha value is -2.82. The molecule has 5 heteroatoms. The number of hydrogen-bond acceptors (Lipinski definition) is 3. The maximum atomic E-state index is 12.3. The van der Waals surface area contributed by atoms with E-state index in [4.69, 9.17) is 4.74 Å². The fourth-order valence-corrected chi connectivity index (χ4v) is 2.86. The van der Waals surface area contributed by atoms with Crippen LogP contribution in [0.1, 0.15) is 24.5 Å². The Morgan fingerprint density at radius 1 is 0.923 bits per heavy atom. The molecule has 0 heterocycles. The average molecular weight is 352 g/mol. The molecular formula is C21H24N2O3. The van der Waals surface area contributed by atoms with E-state index in [0.717, 1.165) is 17.0 Å². The van der Waals surface area contributed by atoms with Crippen molar-refractivity contribution in [3.63, 3.8) is 0 Å². The van der Waals surface area contributed by atoms with Crippen LogP contribution in [-0.2, 0) is 9.59 Å². The second kappa shape index (κ2) is 7.60. The molecule has 3 rings (SSSR count). The minimum atomic E-state index is -0.270. The zero-order valence-corrected chi connectivity index (χ0v) is 15.3. The standard InChI is InChI=1S/C21H24N2O3/c1-4-26-17-9-7-15(8-10-17)22-20(24)18-12-19(18)21(25)23-16-6-5-13(2)14(3)11-16/h5-11,18-19H,4,12H2,1-3H3,(H,22,24)(H,23,25). The van der Waals surface area contributed by atoms with Gasteiger partial charge in [0.05, 0.1) is 18.4 Å². The average Bonchev–Trinajstić information content (AvgIpc) is 3.41. The van der Waals surface area contributed by atoms with Gasteiger partial charge >= 0.3 is 0 Å². The largest absolute Gasteiger partial charge is 0.494 e. The molecule has 2 N–H and O–H groups in total. The van der Waals surface area contributed by atoms with Gasteiger partial charge < -0.3 is 15.4 Å². The number of hydrogen-bond donors (Lipinski definition) is 2. The van der Waals surface area contributed by atoms with Crippen LogP contribution in [0.4, 0.5) is 11.4 Å². The lowest BCUT2D eigenvalue weighted by atomic mass is 10.1. The first-order valence-corrected chi connectivity index (χ1v) is 8.89. The molecular weight excluding hydrogens is 328 g/mol. The molecule has 0 radical (unpaired) electrons. The van der Waals surface area contributed by atoms with Gasteiger partial charge in [0.1, 0.15) is 5.75 Å². The fraction of sp³-hybridized carbons (Fsp3) is 0.333. The van der Waals surface area contributed by atoms with Gasteiger partial charge in [0.15, 0.2) is 0 Å². The SMILES string of the molecule is CCOc1ccc(NC(=O)C2CC2C(=O)Nc2ccc(C)c(C)c2)cc1. The summed E-state index contributed by atoms with van der Waals surface area (Å²) in [5.74, 6) is 0.0180. The fourth-order valence-electron chi connectivity index (χ4n) is 2.86. The number of carbonyl (C=O) groups is 2. The Labute approximate surface area is 153 Å². The lowest BCUT2D eigenvalue weighted by Crippen LogP contribution is -2.20. The molecule has 5 nitrogen and oxygen atoms in total. The summed E-state index contributed by atoms with van der Waals surface area (Å²) in [4.78, 5) is 24.7. The van der Waals surface area contributed by atoms with Crippen LogP contribution in [0.3, 0.4) is 0 Å². The van der Waals surface area contributed by atoms with Crippen LogP contribution < -0.4 is 15.4 Å². The van der Waals surface area contributed by atoms with Crippen LogP contribution in [0.15, 0.2) is 42.5 Å². The molecule has 136 valence electrons. The third-order valence-electron chi connectivity index (χ3n) is 4.67. The first-order chi connectivity index (χ1) is 12.5. The van der Waals surface area contributed by atoms with E-state index < -0.39 is 0 Å². The highest BCUT2D eigenvalue weighted by molar-refractivity contribution is 6.03. The van der Waals surface area contributed by atoms with Crippen molar-refractivity contribution >= 4 is 23.2 Å². The van der Waals surface area contributed by atoms with Crippen molar-refractivity contribution in [2.45, 2.75) is 27.2 Å². The molecule has 0 saturated heterocycles. The topological polar surface area (TPSA) is 67.4 Å². The minimum Gasteiger partial charge on any atom is -0.494 e. The van der Waals surface area contributed by atoms with Gasteiger partial charge in [-0.3, -0.25) is 9.59 Å². The van der Waals surface area contributed by atoms with Crippen molar-refractivity contribution in [3.05, 3.63) is 53.6 Å². The molecule has 2 atom stereocenters. The quantitative estimate of drug-likeness (QED) is 0.828. The number of benzene rings is 2. The van der Waals surface area contributed by atoms with E-state index in [-0.39, 0.29) is 23.7 Å². The number of anilines is 2. The Bertz CT molecular complexity index is 815. The predicted molar refractivity (Wildman–Crippen MR) is 102 cm³/mol. The molecule has 1 aliphatic carbocycles. The summed E-state index contributed by atoms with van der Waals surface area (Å²) in [7, 11) is 0. The van der Waals surface area contributed by atoms with Crippen LogP contribution >= 0.6 is 0 Å². The number of rotatable bonds is 6. The summed E-state index contributed by atoms with van der Waals surface area (Å²) in [6, 6.07) is 13.0. The van der Waals surface area contributed by atoms with Crippen LogP contribution in [0.25, 0.3) is 0 Å². The summed E-state index contributed by atoms with van der Waals surface area (Å²) in [5.41, 5.74) is 3.79. The zero-order valence-electron chi connectivity index (χ0n) is 15.3. The number of ether oxygens (including phenoxy) is 1. The lowest BCUT2D eigenvalue weighted by molar-refractivity contribution is -0.122. The van der Waals surface area contributed by atoms with Gasteiger partial charge in [-0.25, -0.2) is 0 Å². The molecule has 0 bridgehead atoms. The summed E-state index contributed by atoms with van der Waals surface area (Å²) < 4.78 is 5.38. The van der Waals surface area contributed by atoms with E-state index in [2.05, 4.69) is 10.6 Å². The molecule has 1 fully saturated rings. The molecule has 0 aliphatic heterocycles. The van der Waals surface area contributed by atoms with Crippen LogP contribution in [0.5, 0.6) is 5.75 Å². The maximum absolute atomic E-state index is 12.3. The molecule has 26 heavy (non-hydrogen) atoms.